The fraction of sp³-hybridized carbons (Fsp3) is 0.385. The molecule has 0 spiro atoms. The van der Waals surface area contributed by atoms with Gasteiger partial charge in [0.1, 0.15) is 23.5 Å². The number of morpholine rings is 1. The molecule has 2 aliphatic rings. The van der Waals surface area contributed by atoms with Crippen molar-refractivity contribution in [2.24, 2.45) is 0 Å². The van der Waals surface area contributed by atoms with Crippen LogP contribution in [0.2, 0.25) is 0 Å². The van der Waals surface area contributed by atoms with E-state index in [1.165, 1.54) is 7.11 Å². The maximum Gasteiger partial charge on any atom is 0.346 e. The van der Waals surface area contributed by atoms with Gasteiger partial charge in [-0.15, -0.1) is 0 Å². The van der Waals surface area contributed by atoms with Gasteiger partial charge in [-0.05, 0) is 36.4 Å². The number of amides is 1. The van der Waals surface area contributed by atoms with Crippen LogP contribution in [0.4, 0.5) is 23.0 Å². The minimum Gasteiger partial charge on any atom is -0.609 e. The molecule has 0 radical (unpaired) electrons. The first-order valence-corrected chi connectivity index (χ1v) is 14.0. The van der Waals surface area contributed by atoms with Gasteiger partial charge in [-0.25, -0.2) is 4.98 Å². The normalized spacial score (nSPS) is 16.8. The summed E-state index contributed by atoms with van der Waals surface area (Å²) in [7, 11) is 1.51. The van der Waals surface area contributed by atoms with E-state index in [9.17, 15) is 9.35 Å². The Hall–Kier alpha value is -3.61. The molecular formula is C26H31N7O4S. The summed E-state index contributed by atoms with van der Waals surface area (Å²) in [6.07, 6.45) is 3.17. The van der Waals surface area contributed by atoms with Crippen molar-refractivity contribution in [3.63, 3.8) is 0 Å². The molecule has 2 aromatic heterocycles. The number of hydrogen-bond donors (Lipinski definition) is 1. The lowest BCUT2D eigenvalue weighted by Crippen LogP contribution is -2.49. The number of benzene rings is 1. The van der Waals surface area contributed by atoms with Gasteiger partial charge in [0.25, 0.3) is 5.91 Å². The summed E-state index contributed by atoms with van der Waals surface area (Å²) in [6.45, 7) is 5.41. The van der Waals surface area contributed by atoms with Crippen molar-refractivity contribution < 1.29 is 18.8 Å². The third-order valence-electron chi connectivity index (χ3n) is 6.55. The molecular weight excluding hydrogens is 506 g/mol. The maximum atomic E-state index is 13.1. The molecule has 1 amide bonds. The minimum absolute atomic E-state index is 0.115. The van der Waals surface area contributed by atoms with E-state index in [-0.39, 0.29) is 11.1 Å². The zero-order valence-corrected chi connectivity index (χ0v) is 22.3. The molecule has 5 rings (SSSR count). The summed E-state index contributed by atoms with van der Waals surface area (Å²) >= 11 is -1.35. The Kier molecular flexibility index (Phi) is 8.11. The molecule has 3 aromatic rings. The van der Waals surface area contributed by atoms with Crippen LogP contribution < -0.4 is 19.9 Å². The number of rotatable bonds is 7. The molecule has 38 heavy (non-hydrogen) atoms. The Morgan fingerprint density at radius 1 is 1.03 bits per heavy atom. The van der Waals surface area contributed by atoms with Gasteiger partial charge in [-0.1, -0.05) is 0 Å². The molecule has 200 valence electrons. The Morgan fingerprint density at radius 3 is 2.45 bits per heavy atom. The third kappa shape index (κ3) is 5.93. The van der Waals surface area contributed by atoms with Crippen LogP contribution in [-0.2, 0) is 15.9 Å². The van der Waals surface area contributed by atoms with Crippen molar-refractivity contribution in [1.82, 2.24) is 19.9 Å². The van der Waals surface area contributed by atoms with E-state index in [1.54, 1.807) is 29.5 Å². The highest BCUT2D eigenvalue weighted by Gasteiger charge is 2.26. The van der Waals surface area contributed by atoms with E-state index in [2.05, 4.69) is 42.2 Å². The quantitative estimate of drug-likeness (QED) is 0.355. The molecule has 1 unspecified atom stereocenters. The zero-order chi connectivity index (χ0) is 26.5. The number of hydrogen-bond acceptors (Lipinski definition) is 10. The van der Waals surface area contributed by atoms with Crippen LogP contribution >= 0.6 is 0 Å². The molecule has 0 saturated carbocycles. The SMILES string of the molecule is COc1ncccc1C(=O)N1CCN(c2cc(Nc3ccc(N4CCOCC4)cc3)nc([S+](C)[O-])n2)CC1. The van der Waals surface area contributed by atoms with Crippen LogP contribution in [0.3, 0.4) is 0 Å². The third-order valence-corrected chi connectivity index (χ3v) is 7.25. The van der Waals surface area contributed by atoms with Crippen molar-refractivity contribution in [1.29, 1.82) is 0 Å². The number of nitrogens with one attached hydrogen (secondary N) is 1. The van der Waals surface area contributed by atoms with Gasteiger partial charge < -0.3 is 34.0 Å². The van der Waals surface area contributed by atoms with Gasteiger partial charge in [0.2, 0.25) is 5.88 Å². The fourth-order valence-electron chi connectivity index (χ4n) is 4.52. The van der Waals surface area contributed by atoms with Gasteiger partial charge in [0.05, 0.1) is 20.3 Å². The van der Waals surface area contributed by atoms with Crippen molar-refractivity contribution in [3.05, 3.63) is 54.2 Å². The predicted molar refractivity (Wildman–Crippen MR) is 146 cm³/mol. The Morgan fingerprint density at radius 2 is 1.76 bits per heavy atom. The second-order valence-electron chi connectivity index (χ2n) is 8.96. The summed E-state index contributed by atoms with van der Waals surface area (Å²) in [5.74, 6) is 1.44. The molecule has 0 aliphatic carbocycles. The van der Waals surface area contributed by atoms with Gasteiger partial charge in [0.15, 0.2) is 0 Å². The summed E-state index contributed by atoms with van der Waals surface area (Å²) in [5.41, 5.74) is 2.47. The number of nitrogens with zero attached hydrogens (tertiary/aromatic N) is 6. The number of piperazine rings is 1. The van der Waals surface area contributed by atoms with Gasteiger partial charge in [-0.2, -0.15) is 9.97 Å². The highest BCUT2D eigenvalue weighted by Crippen LogP contribution is 2.25. The minimum atomic E-state index is -1.35. The molecule has 12 heteroatoms. The second-order valence-corrected chi connectivity index (χ2v) is 10.2. The van der Waals surface area contributed by atoms with E-state index in [4.69, 9.17) is 9.47 Å². The van der Waals surface area contributed by atoms with Crippen molar-refractivity contribution in [2.75, 3.05) is 81.0 Å². The lowest BCUT2D eigenvalue weighted by Gasteiger charge is -2.35. The van der Waals surface area contributed by atoms with E-state index in [1.807, 2.05) is 18.2 Å². The maximum absolute atomic E-state index is 13.1. The largest absolute Gasteiger partial charge is 0.609 e. The first-order valence-electron chi connectivity index (χ1n) is 12.5. The Bertz CT molecular complexity index is 1250. The lowest BCUT2D eigenvalue weighted by atomic mass is 10.2. The standard InChI is InChI=1S/C26H31N7O4S/c1-36-24-21(4-3-9-27-24)25(34)33-12-10-32(11-13-33)23-18-22(29-26(30-23)38(2)35)28-19-5-7-20(8-6-19)31-14-16-37-17-15-31/h3-9,18H,10-17H2,1-2H3,(H,28,29,30). The summed E-state index contributed by atoms with van der Waals surface area (Å²) < 4.78 is 23.0. The van der Waals surface area contributed by atoms with Gasteiger partial charge >= 0.3 is 5.16 Å². The molecule has 1 aromatic carbocycles. The van der Waals surface area contributed by atoms with Gasteiger partial charge in [0, 0.05) is 74.1 Å². The van der Waals surface area contributed by atoms with Crippen LogP contribution in [0.25, 0.3) is 0 Å². The van der Waals surface area contributed by atoms with Crippen LogP contribution in [0, 0.1) is 0 Å². The Balaban J connectivity index is 1.27. The van der Waals surface area contributed by atoms with E-state index < -0.39 is 11.2 Å². The average Bonchev–Trinajstić information content (AvgIpc) is 2.97. The number of carbonyl (C=O) groups is 1. The number of carbonyl (C=O) groups excluding carboxylic acids is 1. The van der Waals surface area contributed by atoms with E-state index in [0.29, 0.717) is 49.3 Å². The number of pyridine rings is 1. The lowest BCUT2D eigenvalue weighted by molar-refractivity contribution is 0.0742. The number of aromatic nitrogens is 3. The summed E-state index contributed by atoms with van der Waals surface area (Å²) in [4.78, 5) is 32.4. The van der Waals surface area contributed by atoms with E-state index in [0.717, 1.165) is 37.7 Å². The van der Waals surface area contributed by atoms with Crippen molar-refractivity contribution in [2.45, 2.75) is 5.16 Å². The first-order chi connectivity index (χ1) is 18.5. The van der Waals surface area contributed by atoms with Crippen LogP contribution in [0.15, 0.2) is 53.8 Å². The van der Waals surface area contributed by atoms with E-state index >= 15 is 0 Å². The molecule has 1 atom stereocenters. The smallest absolute Gasteiger partial charge is 0.346 e. The zero-order valence-electron chi connectivity index (χ0n) is 21.5. The monoisotopic (exact) mass is 537 g/mol. The molecule has 11 nitrogen and oxygen atoms in total. The van der Waals surface area contributed by atoms with Crippen molar-refractivity contribution >= 4 is 40.1 Å². The summed E-state index contributed by atoms with van der Waals surface area (Å²) in [5, 5.41) is 3.59. The van der Waals surface area contributed by atoms with Gasteiger partial charge in [-0.3, -0.25) is 4.79 Å². The van der Waals surface area contributed by atoms with Crippen LogP contribution in [0.1, 0.15) is 10.4 Å². The highest BCUT2D eigenvalue weighted by molar-refractivity contribution is 7.90. The average molecular weight is 538 g/mol. The Labute approximate surface area is 225 Å². The fourth-order valence-corrected chi connectivity index (χ4v) is 4.97. The molecule has 2 fully saturated rings. The van der Waals surface area contributed by atoms with Crippen LogP contribution in [-0.4, -0.2) is 96.2 Å². The first kappa shape index (κ1) is 26.0. The number of methoxy groups -OCH3 is 1. The van der Waals surface area contributed by atoms with Crippen LogP contribution in [0.5, 0.6) is 5.88 Å². The topological polar surface area (TPSA) is 119 Å². The molecule has 1 N–H and O–H groups in total. The highest BCUT2D eigenvalue weighted by atomic mass is 32.2. The van der Waals surface area contributed by atoms with Crippen molar-refractivity contribution in [3.8, 4) is 5.88 Å². The predicted octanol–water partition coefficient (Wildman–Crippen LogP) is 2.16. The second kappa shape index (κ2) is 11.8. The molecule has 4 heterocycles. The number of ether oxygens (including phenoxy) is 2. The number of anilines is 4. The molecule has 2 saturated heterocycles. The summed E-state index contributed by atoms with van der Waals surface area (Å²) in [6, 6.07) is 13.5. The molecule has 0 bridgehead atoms. The molecule has 2 aliphatic heterocycles.